The van der Waals surface area contributed by atoms with Gasteiger partial charge in [0.05, 0.1) is 5.48 Å². The van der Waals surface area contributed by atoms with E-state index in [1.165, 1.54) is 30.3 Å². The van der Waals surface area contributed by atoms with E-state index >= 15 is 0 Å². The lowest BCUT2D eigenvalue weighted by molar-refractivity contribution is 0.365. The van der Waals surface area contributed by atoms with Crippen LogP contribution >= 0.6 is 11.6 Å². The number of halogens is 1. The van der Waals surface area contributed by atoms with Gasteiger partial charge in [-0.05, 0) is 73.2 Å². The lowest BCUT2D eigenvalue weighted by Crippen LogP contribution is -2.17. The number of benzene rings is 4. The number of likely N-dealkylation sites (N-methyl/N-ethyl adjacent to an activating group) is 2. The molecule has 0 N–H and O–H groups in total. The Balaban J connectivity index is 0.000000383. The molecular weight excluding hydrogens is 496 g/mol. The Morgan fingerprint density at radius 2 is 1.28 bits per heavy atom. The highest BCUT2D eigenvalue weighted by atomic mass is 35.5. The Labute approximate surface area is 278 Å². The number of hydrogen-bond donors (Lipinski definition) is 0. The Morgan fingerprint density at radius 3 is 1.79 bits per heavy atom. The highest BCUT2D eigenvalue weighted by Gasteiger charge is 2.04. The smallest absolute Gasteiger partial charge is 0.0752 e. The molecule has 0 bridgehead atoms. The maximum atomic E-state index is 8.67. The molecule has 4 rings (SSSR count). The molecule has 0 aliphatic heterocycles. The molecule has 0 saturated heterocycles. The van der Waals surface area contributed by atoms with E-state index in [0.29, 0.717) is 16.2 Å². The molecule has 4 aromatic carbocycles. The summed E-state index contributed by atoms with van der Waals surface area (Å²) >= 11 is 5.38. The SMILES string of the molecule is [2H]/C(C#CC(C([2H])([2H])[2H])(C([2H])([2H])[2H])C([2H])([2H])[2H])=C(/[2H])C([2H])([2H])N(C([2H])([2H])[2H])C([2H])([2H])c1cccc2ccccc12.[2H]/C(Cl)=C(/[2H])C([2H])([2H])N(C([2H])([2H])[2H])C([2H])([2H])c1cccc2ccccc12. The molecule has 0 radical (unpaired) electrons. The summed E-state index contributed by atoms with van der Waals surface area (Å²) in [6.07, 6.45) is 0. The van der Waals surface area contributed by atoms with Crippen molar-refractivity contribution in [3.05, 3.63) is 120 Å². The van der Waals surface area contributed by atoms with Gasteiger partial charge < -0.3 is 0 Å². The van der Waals surface area contributed by atoms with Gasteiger partial charge in [0, 0.05) is 68.4 Å². The lowest BCUT2D eigenvalue weighted by atomic mass is 9.98. The molecule has 0 heterocycles. The summed E-state index contributed by atoms with van der Waals surface area (Å²) in [6.45, 7) is -30.8. The van der Waals surface area contributed by atoms with E-state index in [1.807, 2.05) is 0 Å². The van der Waals surface area contributed by atoms with Crippen LogP contribution in [0.15, 0.2) is 109 Å². The van der Waals surface area contributed by atoms with Crippen molar-refractivity contribution in [2.45, 2.75) is 33.5 Å². The van der Waals surface area contributed by atoms with Crippen molar-refractivity contribution < 1.29 is 37.0 Å². The fourth-order valence-electron chi connectivity index (χ4n) is 3.26. The Kier molecular flexibility index (Phi) is 4.02. The van der Waals surface area contributed by atoms with Gasteiger partial charge >= 0.3 is 0 Å². The molecular formula is C36H41ClN2. The highest BCUT2D eigenvalue weighted by Crippen LogP contribution is 2.20. The van der Waals surface area contributed by atoms with Crippen molar-refractivity contribution in [3.8, 4) is 11.8 Å². The number of allylic oxidation sites excluding steroid dienone is 1. The van der Waals surface area contributed by atoms with E-state index in [-0.39, 0.29) is 26.3 Å². The van der Waals surface area contributed by atoms with Gasteiger partial charge in [0.2, 0.25) is 0 Å². The molecule has 202 valence electrons. The summed E-state index contributed by atoms with van der Waals surface area (Å²) in [5.74, 6) is 3.19. The molecule has 0 fully saturated rings. The second-order valence-corrected chi connectivity index (χ2v) is 7.83. The first-order valence-corrected chi connectivity index (χ1v) is 11.6. The largest absolute Gasteiger partial charge is 0.298 e. The van der Waals surface area contributed by atoms with Crippen LogP contribution in [0.4, 0.5) is 0 Å². The molecule has 0 atom stereocenters. The predicted octanol–water partition coefficient (Wildman–Crippen LogP) is 8.90. The van der Waals surface area contributed by atoms with Crippen molar-refractivity contribution in [1.29, 1.82) is 0 Å². The molecule has 3 heteroatoms. The van der Waals surface area contributed by atoms with Crippen molar-refractivity contribution in [2.75, 3.05) is 26.9 Å². The summed E-state index contributed by atoms with van der Waals surface area (Å²) in [5, 5.41) is 1.80. The van der Waals surface area contributed by atoms with Gasteiger partial charge in [-0.15, -0.1) is 0 Å². The van der Waals surface area contributed by atoms with Crippen LogP contribution < -0.4 is 0 Å². The maximum absolute atomic E-state index is 8.67. The molecule has 0 unspecified atom stereocenters. The van der Waals surface area contributed by atoms with Gasteiger partial charge in [-0.1, -0.05) is 120 Å². The summed E-state index contributed by atoms with van der Waals surface area (Å²) in [4.78, 5) is -0.300. The van der Waals surface area contributed by atoms with Crippen molar-refractivity contribution in [1.82, 2.24) is 9.80 Å². The van der Waals surface area contributed by atoms with Gasteiger partial charge in [-0.2, -0.15) is 0 Å². The first-order valence-electron chi connectivity index (χ1n) is 24.7. The Bertz CT molecular complexity index is 2470. The minimum atomic E-state index is -3.76. The lowest BCUT2D eigenvalue weighted by Gasteiger charge is -2.15. The quantitative estimate of drug-likeness (QED) is 0.197. The predicted molar refractivity (Wildman–Crippen MR) is 172 cm³/mol. The maximum Gasteiger partial charge on any atom is 0.0752 e. The van der Waals surface area contributed by atoms with Crippen LogP contribution in [0.5, 0.6) is 0 Å². The number of rotatable bonds is 8. The fraction of sp³-hybridized carbons (Fsp3) is 0.278. The number of hydrogen-bond acceptors (Lipinski definition) is 2. The second kappa shape index (κ2) is 15.3. The van der Waals surface area contributed by atoms with E-state index in [4.69, 9.17) is 48.6 Å². The van der Waals surface area contributed by atoms with Crippen LogP contribution in [0, 0.1) is 17.3 Å². The third kappa shape index (κ3) is 10.4. The molecule has 4 aromatic rings. The molecule has 0 amide bonds. The third-order valence-electron chi connectivity index (χ3n) is 4.80. The zero-order valence-corrected chi connectivity index (χ0v) is 21.1. The van der Waals surface area contributed by atoms with E-state index in [1.54, 1.807) is 66.4 Å². The van der Waals surface area contributed by atoms with E-state index in [9.17, 15) is 0 Å². The van der Waals surface area contributed by atoms with Crippen LogP contribution in [0.1, 0.15) is 68.7 Å². The average Bonchev–Trinajstić information content (AvgIpc) is 3.13. The summed E-state index contributed by atoms with van der Waals surface area (Å²) in [5.41, 5.74) is -5.04. The van der Waals surface area contributed by atoms with Crippen LogP contribution in [0.3, 0.4) is 0 Å². The van der Waals surface area contributed by atoms with Gasteiger partial charge in [0.25, 0.3) is 0 Å². The minimum absolute atomic E-state index is 0.0337. The van der Waals surface area contributed by atoms with E-state index in [0.717, 1.165) is 0 Å². The van der Waals surface area contributed by atoms with E-state index < -0.39 is 89.6 Å². The Hall–Kier alpha value is -3.35. The van der Waals surface area contributed by atoms with Crippen LogP contribution in [0.2, 0.25) is 0 Å². The zero-order chi connectivity index (χ0) is 51.2. The standard InChI is InChI=1S/C21H25N.C15H16ClN/c1-21(2,3)15-8-5-9-16-22(4)17-19-13-10-12-18-11-6-7-14-20(18)19;1-17(11-5-10-16)12-14-8-4-7-13-6-2-3-9-15(13)14/h5-7,9-14H,16-17H2,1-4H3;2-10H,11-12H2,1H3/b9-5+;10-5+/i1D3,2D3,3D3,4D3,5D,9D,16D2,17D2;1D3,5D,10D,11D2,12D2. The molecule has 2 nitrogen and oxygen atoms in total. The fourth-order valence-corrected chi connectivity index (χ4v) is 3.30. The van der Waals surface area contributed by atoms with Crippen molar-refractivity contribution in [2.24, 2.45) is 5.41 Å². The molecule has 0 aliphatic carbocycles. The van der Waals surface area contributed by atoms with Gasteiger partial charge in [0.1, 0.15) is 0 Å². The van der Waals surface area contributed by atoms with E-state index in [2.05, 4.69) is 0 Å². The highest BCUT2D eigenvalue weighted by molar-refractivity contribution is 6.25. The normalized spacial score (nSPS) is 26.1. The minimum Gasteiger partial charge on any atom is -0.298 e. The van der Waals surface area contributed by atoms with Gasteiger partial charge in [0.15, 0.2) is 0 Å². The average molecular weight is 564 g/mol. The molecule has 0 spiro atoms. The molecule has 39 heavy (non-hydrogen) atoms. The summed E-state index contributed by atoms with van der Waals surface area (Å²) < 4.78 is 213. The zero-order valence-electron chi connectivity index (χ0n) is 47.4. The van der Waals surface area contributed by atoms with Crippen molar-refractivity contribution in [3.63, 3.8) is 0 Å². The molecule has 0 saturated carbocycles. The summed E-state index contributed by atoms with van der Waals surface area (Å²) in [7, 11) is 0. The third-order valence-corrected chi connectivity index (χ3v) is 4.90. The van der Waals surface area contributed by atoms with Crippen LogP contribution in [-0.4, -0.2) is 36.7 Å². The topological polar surface area (TPSA) is 6.48 Å². The van der Waals surface area contributed by atoms with Crippen LogP contribution in [0.25, 0.3) is 21.5 Å². The number of nitrogens with zero attached hydrogens (tertiary/aromatic N) is 2. The summed E-state index contributed by atoms with van der Waals surface area (Å²) in [6, 6.07) is 17.7. The second-order valence-electron chi connectivity index (χ2n) is 7.64. The Morgan fingerprint density at radius 1 is 0.769 bits per heavy atom. The first kappa shape index (κ1) is 10.2. The van der Waals surface area contributed by atoms with Crippen molar-refractivity contribution >= 4 is 33.1 Å². The first-order chi connectivity index (χ1) is 29.6. The van der Waals surface area contributed by atoms with Gasteiger partial charge in [-0.25, -0.2) is 0 Å². The molecule has 0 aliphatic rings. The van der Waals surface area contributed by atoms with Crippen LogP contribution in [-0.2, 0) is 13.0 Å². The molecule has 0 aromatic heterocycles. The number of fused-ring (bicyclic) bond motifs is 2. The monoisotopic (exact) mass is 563 g/mol. The van der Waals surface area contributed by atoms with Gasteiger partial charge in [-0.3, -0.25) is 9.80 Å².